The van der Waals surface area contributed by atoms with Gasteiger partial charge in [0.15, 0.2) is 5.65 Å². The van der Waals surface area contributed by atoms with Gasteiger partial charge in [0.1, 0.15) is 18.1 Å². The van der Waals surface area contributed by atoms with E-state index in [2.05, 4.69) is 15.4 Å². The van der Waals surface area contributed by atoms with E-state index < -0.39 is 6.09 Å². The van der Waals surface area contributed by atoms with Crippen LogP contribution in [0.2, 0.25) is 5.02 Å². The molecule has 2 aromatic carbocycles. The van der Waals surface area contributed by atoms with Crippen molar-refractivity contribution in [3.05, 3.63) is 76.6 Å². The first-order valence-electron chi connectivity index (χ1n) is 10.8. The summed E-state index contributed by atoms with van der Waals surface area (Å²) >= 11 is 6.42. The molecule has 4 aromatic rings. The zero-order valence-electron chi connectivity index (χ0n) is 19.1. The van der Waals surface area contributed by atoms with Crippen molar-refractivity contribution >= 4 is 34.6 Å². The number of aryl methyl sites for hydroxylation is 1. The van der Waals surface area contributed by atoms with Crippen LogP contribution in [0.25, 0.3) is 22.2 Å². The minimum Gasteiger partial charge on any atom is -0.487 e. The van der Waals surface area contributed by atoms with Crippen LogP contribution in [0.3, 0.4) is 0 Å². The van der Waals surface area contributed by atoms with Gasteiger partial charge in [0.05, 0.1) is 6.61 Å². The molecule has 0 saturated carbocycles. The third-order valence-electron chi connectivity index (χ3n) is 5.35. The van der Waals surface area contributed by atoms with Crippen molar-refractivity contribution in [3.8, 4) is 16.9 Å². The Kier molecular flexibility index (Phi) is 7.28. The maximum Gasteiger partial charge on any atom is 0.434 e. The second-order valence-electron chi connectivity index (χ2n) is 7.73. The van der Waals surface area contributed by atoms with E-state index in [-0.39, 0.29) is 18.2 Å². The van der Waals surface area contributed by atoms with Crippen molar-refractivity contribution in [3.63, 3.8) is 0 Å². The predicted octanol–water partition coefficient (Wildman–Crippen LogP) is 4.54. The van der Waals surface area contributed by atoms with Crippen LogP contribution in [0.5, 0.6) is 5.75 Å². The summed E-state index contributed by atoms with van der Waals surface area (Å²) in [5.74, 6) is 0.300. The van der Waals surface area contributed by atoms with Gasteiger partial charge < -0.3 is 19.9 Å². The normalized spacial score (nSPS) is 10.9. The highest BCUT2D eigenvalue weighted by molar-refractivity contribution is 6.31. The average Bonchev–Trinajstić information content (AvgIpc) is 3.24. The van der Waals surface area contributed by atoms with Gasteiger partial charge in [-0.15, -0.1) is 4.68 Å². The van der Waals surface area contributed by atoms with Gasteiger partial charge in [-0.25, -0.2) is 9.78 Å². The Bertz CT molecular complexity index is 1400. The number of carboxylic acid groups (broad SMARTS) is 1. The van der Waals surface area contributed by atoms with Gasteiger partial charge in [-0.1, -0.05) is 23.7 Å². The number of benzene rings is 2. The van der Waals surface area contributed by atoms with Crippen LogP contribution in [0.15, 0.2) is 54.7 Å². The largest absolute Gasteiger partial charge is 0.487 e. The minimum absolute atomic E-state index is 0.00768. The van der Waals surface area contributed by atoms with Crippen LogP contribution in [0.4, 0.5) is 4.79 Å². The standard InChI is InChI=1S/C25H23ClN4O5/c1-15-11-22(35-14-21-18-7-4-8-27-23(18)30(29-21)25(32)33)19(13-20(15)26)16-5-3-6-17(12-16)24(31)28-9-10-34-2/h3-8,11-13H,9-10,14H2,1-2H3,(H,28,31)(H,32,33). The molecule has 2 aromatic heterocycles. The molecule has 0 spiro atoms. The highest BCUT2D eigenvalue weighted by Crippen LogP contribution is 2.36. The Morgan fingerprint density at radius 1 is 1.17 bits per heavy atom. The molecule has 4 rings (SSSR count). The quantitative estimate of drug-likeness (QED) is 0.345. The number of pyridine rings is 1. The van der Waals surface area contributed by atoms with Crippen molar-refractivity contribution in [2.24, 2.45) is 0 Å². The molecule has 0 bridgehead atoms. The van der Waals surface area contributed by atoms with Crippen LogP contribution in [-0.4, -0.2) is 52.1 Å². The fourth-order valence-electron chi connectivity index (χ4n) is 3.60. The molecule has 10 heteroatoms. The van der Waals surface area contributed by atoms with Crippen molar-refractivity contribution < 1.29 is 24.2 Å². The topological polar surface area (TPSA) is 116 Å². The fraction of sp³-hybridized carbons (Fsp3) is 0.200. The van der Waals surface area contributed by atoms with Crippen molar-refractivity contribution in [2.45, 2.75) is 13.5 Å². The lowest BCUT2D eigenvalue weighted by atomic mass is 10.0. The molecule has 180 valence electrons. The molecule has 0 aliphatic rings. The molecule has 0 unspecified atom stereocenters. The Balaban J connectivity index is 1.66. The summed E-state index contributed by atoms with van der Waals surface area (Å²) in [5, 5.41) is 17.5. The third kappa shape index (κ3) is 5.26. The molecule has 0 aliphatic heterocycles. The van der Waals surface area contributed by atoms with Crippen molar-refractivity contribution in [1.29, 1.82) is 0 Å². The van der Waals surface area contributed by atoms with E-state index in [9.17, 15) is 14.7 Å². The lowest BCUT2D eigenvalue weighted by Gasteiger charge is -2.14. The minimum atomic E-state index is -1.23. The van der Waals surface area contributed by atoms with Crippen LogP contribution >= 0.6 is 11.6 Å². The van der Waals surface area contributed by atoms with Crippen LogP contribution in [-0.2, 0) is 11.3 Å². The number of ether oxygens (including phenoxy) is 2. The molecule has 9 nitrogen and oxygen atoms in total. The molecule has 1 amide bonds. The number of aromatic nitrogens is 3. The van der Waals surface area contributed by atoms with E-state index in [4.69, 9.17) is 21.1 Å². The Morgan fingerprint density at radius 2 is 2.00 bits per heavy atom. The molecule has 0 atom stereocenters. The zero-order chi connectivity index (χ0) is 24.9. The van der Waals surface area contributed by atoms with Crippen molar-refractivity contribution in [2.75, 3.05) is 20.3 Å². The number of hydrogen-bond donors (Lipinski definition) is 2. The number of carbonyl (C=O) groups excluding carboxylic acids is 1. The van der Waals surface area contributed by atoms with Gasteiger partial charge in [-0.2, -0.15) is 5.10 Å². The molecule has 0 saturated heterocycles. The zero-order valence-corrected chi connectivity index (χ0v) is 19.9. The summed E-state index contributed by atoms with van der Waals surface area (Å²) in [6.45, 7) is 2.68. The lowest BCUT2D eigenvalue weighted by Crippen LogP contribution is -2.26. The number of hydrogen-bond acceptors (Lipinski definition) is 6. The van der Waals surface area contributed by atoms with Crippen LogP contribution < -0.4 is 10.1 Å². The van der Waals surface area contributed by atoms with Gasteiger partial charge in [-0.3, -0.25) is 4.79 Å². The monoisotopic (exact) mass is 494 g/mol. The Labute approximate surface area is 206 Å². The first-order valence-corrected chi connectivity index (χ1v) is 11.1. The molecular formula is C25H23ClN4O5. The number of nitrogens with one attached hydrogen (secondary N) is 1. The number of amides is 1. The van der Waals surface area contributed by atoms with Gasteiger partial charge >= 0.3 is 6.09 Å². The summed E-state index contributed by atoms with van der Waals surface area (Å²) < 4.78 is 11.9. The smallest absolute Gasteiger partial charge is 0.434 e. The lowest BCUT2D eigenvalue weighted by molar-refractivity contribution is 0.0937. The van der Waals surface area contributed by atoms with Crippen LogP contribution in [0, 0.1) is 6.92 Å². The molecule has 35 heavy (non-hydrogen) atoms. The number of carbonyl (C=O) groups is 2. The summed E-state index contributed by atoms with van der Waals surface area (Å²) in [6, 6.07) is 14.2. The molecular weight excluding hydrogens is 472 g/mol. The molecule has 2 heterocycles. The van der Waals surface area contributed by atoms with E-state index in [0.717, 1.165) is 15.8 Å². The molecule has 0 fully saturated rings. The number of methoxy groups -OCH3 is 1. The SMILES string of the molecule is COCCNC(=O)c1cccc(-c2cc(Cl)c(C)cc2OCc2nn(C(=O)O)c3ncccc23)c1. The first-order chi connectivity index (χ1) is 16.9. The van der Waals surface area contributed by atoms with E-state index in [1.165, 1.54) is 6.20 Å². The van der Waals surface area contributed by atoms with Gasteiger partial charge in [0.25, 0.3) is 5.91 Å². The van der Waals surface area contributed by atoms with Gasteiger partial charge in [0.2, 0.25) is 0 Å². The maximum absolute atomic E-state index is 12.5. The molecule has 0 radical (unpaired) electrons. The second kappa shape index (κ2) is 10.5. The van der Waals surface area contributed by atoms with E-state index in [1.54, 1.807) is 49.6 Å². The number of nitrogens with zero attached hydrogens (tertiary/aromatic N) is 3. The first kappa shape index (κ1) is 24.2. The third-order valence-corrected chi connectivity index (χ3v) is 5.76. The van der Waals surface area contributed by atoms with Gasteiger partial charge in [0, 0.05) is 41.4 Å². The number of fused-ring (bicyclic) bond motifs is 1. The number of rotatable bonds is 8. The van der Waals surface area contributed by atoms with E-state index >= 15 is 0 Å². The molecule has 2 N–H and O–H groups in total. The highest BCUT2D eigenvalue weighted by atomic mass is 35.5. The Hall–Kier alpha value is -3.95. The second-order valence-corrected chi connectivity index (χ2v) is 8.14. The van der Waals surface area contributed by atoms with Crippen molar-refractivity contribution in [1.82, 2.24) is 20.1 Å². The summed E-state index contributed by atoms with van der Waals surface area (Å²) in [5.41, 5.74) is 3.38. The summed E-state index contributed by atoms with van der Waals surface area (Å²) in [6.07, 6.45) is 0.274. The van der Waals surface area contributed by atoms with E-state index in [0.29, 0.717) is 46.1 Å². The summed E-state index contributed by atoms with van der Waals surface area (Å²) in [4.78, 5) is 28.2. The predicted molar refractivity (Wildman–Crippen MR) is 131 cm³/mol. The molecule has 0 aliphatic carbocycles. The summed E-state index contributed by atoms with van der Waals surface area (Å²) in [7, 11) is 1.57. The van der Waals surface area contributed by atoms with Gasteiger partial charge in [-0.05, 0) is 54.4 Å². The Morgan fingerprint density at radius 3 is 2.77 bits per heavy atom. The van der Waals surface area contributed by atoms with Crippen LogP contribution in [0.1, 0.15) is 21.6 Å². The fourth-order valence-corrected chi connectivity index (χ4v) is 3.76. The van der Waals surface area contributed by atoms with E-state index in [1.807, 2.05) is 13.0 Å². The average molecular weight is 495 g/mol. The highest BCUT2D eigenvalue weighted by Gasteiger charge is 2.18. The number of halogens is 1. The maximum atomic E-state index is 12.5.